The molecular weight excluding hydrogens is 370 g/mol. The third kappa shape index (κ3) is 2.89. The minimum atomic E-state index is -0.638. The number of H-pyrrole nitrogens is 1. The van der Waals surface area contributed by atoms with Crippen molar-refractivity contribution in [1.82, 2.24) is 15.6 Å². The molecule has 0 saturated carbocycles. The summed E-state index contributed by atoms with van der Waals surface area (Å²) in [6.45, 7) is 1.12. The summed E-state index contributed by atoms with van der Waals surface area (Å²) in [7, 11) is 0. The number of aromatic nitrogens is 1. The van der Waals surface area contributed by atoms with Gasteiger partial charge < -0.3 is 15.6 Å². The SMILES string of the molecule is O=C1NCCN1c1cccc(N2C(=O)N[C@H](Cc3c[nH]c4ccccc34)C2=O)c1. The Morgan fingerprint density at radius 2 is 1.79 bits per heavy atom. The molecule has 2 aromatic carbocycles. The van der Waals surface area contributed by atoms with Crippen molar-refractivity contribution in [2.75, 3.05) is 22.9 Å². The van der Waals surface area contributed by atoms with Crippen molar-refractivity contribution in [3.8, 4) is 0 Å². The Morgan fingerprint density at radius 1 is 0.966 bits per heavy atom. The predicted octanol–water partition coefficient (Wildman–Crippen LogP) is 2.37. The lowest BCUT2D eigenvalue weighted by Gasteiger charge is -2.18. The van der Waals surface area contributed by atoms with Crippen molar-refractivity contribution >= 4 is 40.2 Å². The summed E-state index contributed by atoms with van der Waals surface area (Å²) in [4.78, 5) is 43.4. The molecule has 3 heterocycles. The Balaban J connectivity index is 1.40. The zero-order valence-electron chi connectivity index (χ0n) is 15.5. The van der Waals surface area contributed by atoms with E-state index in [0.717, 1.165) is 21.4 Å². The van der Waals surface area contributed by atoms with Crippen LogP contribution in [0.1, 0.15) is 5.56 Å². The fourth-order valence-electron chi connectivity index (χ4n) is 3.95. The van der Waals surface area contributed by atoms with E-state index in [1.807, 2.05) is 30.5 Å². The van der Waals surface area contributed by atoms with Gasteiger partial charge in [-0.15, -0.1) is 0 Å². The van der Waals surface area contributed by atoms with Gasteiger partial charge in [0.2, 0.25) is 0 Å². The average molecular weight is 389 g/mol. The van der Waals surface area contributed by atoms with Gasteiger partial charge in [0.25, 0.3) is 5.91 Å². The molecule has 1 aromatic heterocycles. The van der Waals surface area contributed by atoms with Gasteiger partial charge in [-0.2, -0.15) is 0 Å². The number of fused-ring (bicyclic) bond motifs is 1. The van der Waals surface area contributed by atoms with E-state index in [2.05, 4.69) is 15.6 Å². The molecule has 146 valence electrons. The van der Waals surface area contributed by atoms with Crippen molar-refractivity contribution in [2.24, 2.45) is 0 Å². The monoisotopic (exact) mass is 389 g/mol. The first kappa shape index (κ1) is 17.3. The fourth-order valence-corrected chi connectivity index (χ4v) is 3.95. The second kappa shape index (κ2) is 6.66. The lowest BCUT2D eigenvalue weighted by Crippen LogP contribution is -2.33. The normalized spacial score (nSPS) is 19.2. The molecule has 0 radical (unpaired) electrons. The van der Waals surface area contributed by atoms with Crippen LogP contribution in [0.2, 0.25) is 0 Å². The number of urea groups is 2. The zero-order chi connectivity index (χ0) is 20.0. The summed E-state index contributed by atoms with van der Waals surface area (Å²) in [5.41, 5.74) is 3.07. The maximum Gasteiger partial charge on any atom is 0.329 e. The van der Waals surface area contributed by atoms with Gasteiger partial charge in [0.1, 0.15) is 6.04 Å². The maximum atomic E-state index is 13.0. The van der Waals surface area contributed by atoms with Gasteiger partial charge in [-0.3, -0.25) is 9.69 Å². The van der Waals surface area contributed by atoms with Gasteiger partial charge in [-0.1, -0.05) is 24.3 Å². The first-order valence-corrected chi connectivity index (χ1v) is 9.47. The van der Waals surface area contributed by atoms with Crippen LogP contribution in [0, 0.1) is 0 Å². The summed E-state index contributed by atoms with van der Waals surface area (Å²) < 4.78 is 0. The van der Waals surface area contributed by atoms with E-state index in [0.29, 0.717) is 30.9 Å². The van der Waals surface area contributed by atoms with Gasteiger partial charge in [-0.05, 0) is 29.8 Å². The molecule has 2 saturated heterocycles. The summed E-state index contributed by atoms with van der Waals surface area (Å²) >= 11 is 0. The van der Waals surface area contributed by atoms with Crippen molar-refractivity contribution < 1.29 is 14.4 Å². The minimum absolute atomic E-state index is 0.184. The molecule has 0 unspecified atom stereocenters. The van der Waals surface area contributed by atoms with Gasteiger partial charge in [0, 0.05) is 42.3 Å². The lowest BCUT2D eigenvalue weighted by molar-refractivity contribution is -0.118. The van der Waals surface area contributed by atoms with E-state index >= 15 is 0 Å². The molecule has 29 heavy (non-hydrogen) atoms. The number of nitrogens with one attached hydrogen (secondary N) is 3. The summed E-state index contributed by atoms with van der Waals surface area (Å²) in [6.07, 6.45) is 2.28. The average Bonchev–Trinajstić information content (AvgIpc) is 3.41. The molecule has 1 atom stereocenters. The Kier molecular flexibility index (Phi) is 3.97. The molecule has 8 heteroatoms. The molecular formula is C21H19N5O3. The standard InChI is InChI=1S/C21H19N5O3/c27-19-18(10-13-12-23-17-7-2-1-6-16(13)17)24-21(29)26(19)15-5-3-4-14(11-15)25-9-8-22-20(25)28/h1-7,11-12,18,23H,8-10H2,(H,22,28)(H,24,29)/t18-/m1/s1. The number of benzene rings is 2. The van der Waals surface area contributed by atoms with Gasteiger partial charge >= 0.3 is 12.1 Å². The fraction of sp³-hybridized carbons (Fsp3) is 0.190. The molecule has 2 aliphatic heterocycles. The molecule has 0 aliphatic carbocycles. The van der Waals surface area contributed by atoms with Gasteiger partial charge in [0.15, 0.2) is 0 Å². The van der Waals surface area contributed by atoms with E-state index in [1.54, 1.807) is 29.2 Å². The Labute approximate surface area is 166 Å². The van der Waals surface area contributed by atoms with Crippen LogP contribution in [0.5, 0.6) is 0 Å². The number of amides is 5. The van der Waals surface area contributed by atoms with Crippen LogP contribution in [0.25, 0.3) is 10.9 Å². The molecule has 2 fully saturated rings. The number of anilines is 2. The van der Waals surface area contributed by atoms with E-state index in [1.165, 1.54) is 0 Å². The van der Waals surface area contributed by atoms with E-state index < -0.39 is 12.1 Å². The smallest absolute Gasteiger partial charge is 0.329 e. The van der Waals surface area contributed by atoms with E-state index in [4.69, 9.17) is 0 Å². The molecule has 0 bridgehead atoms. The highest BCUT2D eigenvalue weighted by Gasteiger charge is 2.39. The number of imide groups is 1. The Morgan fingerprint density at radius 3 is 2.62 bits per heavy atom. The quantitative estimate of drug-likeness (QED) is 0.598. The zero-order valence-corrected chi connectivity index (χ0v) is 15.5. The third-order valence-corrected chi connectivity index (χ3v) is 5.37. The minimum Gasteiger partial charge on any atom is -0.361 e. The first-order valence-electron chi connectivity index (χ1n) is 9.47. The summed E-state index contributed by atoms with van der Waals surface area (Å²) in [6, 6.07) is 13.5. The molecule has 2 aliphatic rings. The third-order valence-electron chi connectivity index (χ3n) is 5.37. The molecule has 3 aromatic rings. The van der Waals surface area contributed by atoms with Crippen molar-refractivity contribution in [2.45, 2.75) is 12.5 Å². The highest BCUT2D eigenvalue weighted by Crippen LogP contribution is 2.28. The number of hydrogen-bond acceptors (Lipinski definition) is 3. The molecule has 5 amide bonds. The van der Waals surface area contributed by atoms with Crippen LogP contribution < -0.4 is 20.4 Å². The number of aromatic amines is 1. The first-order chi connectivity index (χ1) is 14.1. The Hall–Kier alpha value is -3.81. The summed E-state index contributed by atoms with van der Waals surface area (Å²) in [5.74, 6) is -0.302. The molecule has 0 spiro atoms. The van der Waals surface area contributed by atoms with E-state index in [9.17, 15) is 14.4 Å². The maximum absolute atomic E-state index is 13.0. The van der Waals surface area contributed by atoms with Crippen molar-refractivity contribution in [3.05, 3.63) is 60.3 Å². The molecule has 3 N–H and O–H groups in total. The Bertz CT molecular complexity index is 1140. The van der Waals surface area contributed by atoms with Crippen molar-refractivity contribution in [1.29, 1.82) is 0 Å². The van der Waals surface area contributed by atoms with Crippen LogP contribution in [0.15, 0.2) is 54.7 Å². The number of carbonyl (C=O) groups is 3. The molecule has 8 nitrogen and oxygen atoms in total. The topological polar surface area (TPSA) is 97.5 Å². The number of rotatable bonds is 4. The lowest BCUT2D eigenvalue weighted by atomic mass is 10.0. The summed E-state index contributed by atoms with van der Waals surface area (Å²) in [5, 5.41) is 6.57. The van der Waals surface area contributed by atoms with Crippen LogP contribution in [0.4, 0.5) is 21.0 Å². The number of nitrogens with zero attached hydrogens (tertiary/aromatic N) is 2. The largest absolute Gasteiger partial charge is 0.361 e. The molecule has 5 rings (SSSR count). The van der Waals surface area contributed by atoms with Crippen molar-refractivity contribution in [3.63, 3.8) is 0 Å². The highest BCUT2D eigenvalue weighted by atomic mass is 16.2. The second-order valence-corrected chi connectivity index (χ2v) is 7.14. The number of para-hydroxylation sites is 1. The van der Waals surface area contributed by atoms with Crippen LogP contribution in [-0.2, 0) is 11.2 Å². The number of carbonyl (C=O) groups excluding carboxylic acids is 3. The van der Waals surface area contributed by atoms with Gasteiger partial charge in [-0.25, -0.2) is 14.5 Å². The van der Waals surface area contributed by atoms with Crippen LogP contribution in [0.3, 0.4) is 0 Å². The van der Waals surface area contributed by atoms with E-state index in [-0.39, 0.29) is 11.9 Å². The van der Waals surface area contributed by atoms with Gasteiger partial charge in [0.05, 0.1) is 5.69 Å². The number of hydrogen-bond donors (Lipinski definition) is 3. The van der Waals surface area contributed by atoms with Crippen LogP contribution >= 0.6 is 0 Å². The van der Waals surface area contributed by atoms with Crippen LogP contribution in [-0.4, -0.2) is 42.1 Å². The second-order valence-electron chi connectivity index (χ2n) is 7.14. The highest BCUT2D eigenvalue weighted by molar-refractivity contribution is 6.21. The predicted molar refractivity (Wildman–Crippen MR) is 109 cm³/mol.